The SMILES string of the molecule is Cc1nc(/C=C/C(=O)OCC(=O)N(C)Cc2ccccc2Br)cs1. The van der Waals surface area contributed by atoms with Gasteiger partial charge >= 0.3 is 5.97 Å². The molecule has 0 bridgehead atoms. The van der Waals surface area contributed by atoms with Gasteiger partial charge < -0.3 is 9.64 Å². The van der Waals surface area contributed by atoms with Gasteiger partial charge in [-0.05, 0) is 24.6 Å². The van der Waals surface area contributed by atoms with Gasteiger partial charge in [-0.15, -0.1) is 11.3 Å². The zero-order chi connectivity index (χ0) is 17.5. The molecule has 7 heteroatoms. The Balaban J connectivity index is 1.80. The summed E-state index contributed by atoms with van der Waals surface area (Å²) < 4.78 is 5.90. The van der Waals surface area contributed by atoms with E-state index in [1.54, 1.807) is 13.1 Å². The van der Waals surface area contributed by atoms with Crippen molar-refractivity contribution in [2.24, 2.45) is 0 Å². The van der Waals surface area contributed by atoms with Gasteiger partial charge in [0.1, 0.15) is 0 Å². The van der Waals surface area contributed by atoms with E-state index in [1.807, 2.05) is 36.6 Å². The van der Waals surface area contributed by atoms with Gasteiger partial charge in [0, 0.05) is 29.5 Å². The highest BCUT2D eigenvalue weighted by atomic mass is 79.9. The minimum absolute atomic E-state index is 0.267. The van der Waals surface area contributed by atoms with Crippen LogP contribution in [0, 0.1) is 6.92 Å². The van der Waals surface area contributed by atoms with E-state index in [0.29, 0.717) is 12.2 Å². The lowest BCUT2D eigenvalue weighted by atomic mass is 10.2. The number of aryl methyl sites for hydroxylation is 1. The van der Waals surface area contributed by atoms with Crippen LogP contribution < -0.4 is 0 Å². The van der Waals surface area contributed by atoms with Crippen LogP contribution in [0.1, 0.15) is 16.3 Å². The summed E-state index contributed by atoms with van der Waals surface area (Å²) >= 11 is 4.94. The average Bonchev–Trinajstić information content (AvgIpc) is 2.98. The maximum Gasteiger partial charge on any atom is 0.331 e. The topological polar surface area (TPSA) is 59.5 Å². The highest BCUT2D eigenvalue weighted by Gasteiger charge is 2.12. The van der Waals surface area contributed by atoms with Crippen molar-refractivity contribution in [1.82, 2.24) is 9.88 Å². The van der Waals surface area contributed by atoms with E-state index in [2.05, 4.69) is 20.9 Å². The minimum Gasteiger partial charge on any atom is -0.452 e. The molecule has 0 aliphatic heterocycles. The third-order valence-electron chi connectivity index (χ3n) is 3.16. The third kappa shape index (κ3) is 5.58. The van der Waals surface area contributed by atoms with Crippen LogP contribution in [0.5, 0.6) is 0 Å². The average molecular weight is 409 g/mol. The van der Waals surface area contributed by atoms with Gasteiger partial charge in [-0.2, -0.15) is 0 Å². The molecule has 0 aliphatic carbocycles. The van der Waals surface area contributed by atoms with E-state index < -0.39 is 5.97 Å². The number of thiazole rings is 1. The van der Waals surface area contributed by atoms with Crippen LogP contribution in [0.15, 0.2) is 40.2 Å². The lowest BCUT2D eigenvalue weighted by molar-refractivity contribution is -0.147. The summed E-state index contributed by atoms with van der Waals surface area (Å²) in [6.45, 7) is 2.03. The first-order chi connectivity index (χ1) is 11.5. The Hall–Kier alpha value is -1.99. The van der Waals surface area contributed by atoms with Crippen molar-refractivity contribution in [1.29, 1.82) is 0 Å². The summed E-state index contributed by atoms with van der Waals surface area (Å²) in [5.41, 5.74) is 1.69. The maximum absolute atomic E-state index is 12.0. The Morgan fingerprint density at radius 3 is 2.79 bits per heavy atom. The molecule has 2 aromatic rings. The first-order valence-corrected chi connectivity index (χ1v) is 8.87. The molecule has 2 rings (SSSR count). The van der Waals surface area contributed by atoms with Crippen molar-refractivity contribution in [3.8, 4) is 0 Å². The number of benzene rings is 1. The van der Waals surface area contributed by atoms with Crippen LogP contribution in [-0.2, 0) is 20.9 Å². The molecule has 0 unspecified atom stereocenters. The van der Waals surface area contributed by atoms with Crippen molar-refractivity contribution in [3.05, 3.63) is 56.5 Å². The molecule has 126 valence electrons. The van der Waals surface area contributed by atoms with Crippen LogP contribution in [0.3, 0.4) is 0 Å². The Kier molecular flexibility index (Phi) is 6.69. The molecule has 0 saturated heterocycles. The summed E-state index contributed by atoms with van der Waals surface area (Å²) in [7, 11) is 1.67. The number of aromatic nitrogens is 1. The lowest BCUT2D eigenvalue weighted by Gasteiger charge is -2.17. The smallest absolute Gasteiger partial charge is 0.331 e. The zero-order valence-corrected chi connectivity index (χ0v) is 15.8. The van der Waals surface area contributed by atoms with E-state index >= 15 is 0 Å². The summed E-state index contributed by atoms with van der Waals surface area (Å²) in [6, 6.07) is 7.66. The summed E-state index contributed by atoms with van der Waals surface area (Å²) in [4.78, 5) is 29.4. The molecule has 0 atom stereocenters. The fourth-order valence-corrected chi connectivity index (χ4v) is 2.86. The number of esters is 1. The molecule has 1 amide bonds. The molecular formula is C17H17BrN2O3S. The van der Waals surface area contributed by atoms with Crippen LogP contribution in [-0.4, -0.2) is 35.4 Å². The van der Waals surface area contributed by atoms with Crippen LogP contribution in [0.2, 0.25) is 0 Å². The van der Waals surface area contributed by atoms with Crippen LogP contribution >= 0.6 is 27.3 Å². The Morgan fingerprint density at radius 1 is 1.38 bits per heavy atom. The van der Waals surface area contributed by atoms with Gasteiger partial charge in [0.25, 0.3) is 5.91 Å². The monoisotopic (exact) mass is 408 g/mol. The van der Waals surface area contributed by atoms with Crippen molar-refractivity contribution in [2.45, 2.75) is 13.5 Å². The molecular weight excluding hydrogens is 392 g/mol. The summed E-state index contributed by atoms with van der Waals surface area (Å²) in [5.74, 6) is -0.833. The number of hydrogen-bond donors (Lipinski definition) is 0. The largest absolute Gasteiger partial charge is 0.452 e. The van der Waals surface area contributed by atoms with Crippen molar-refractivity contribution in [3.63, 3.8) is 0 Å². The van der Waals surface area contributed by atoms with Crippen LogP contribution in [0.4, 0.5) is 0 Å². The van der Waals surface area contributed by atoms with E-state index in [4.69, 9.17) is 4.74 Å². The molecule has 0 spiro atoms. The Morgan fingerprint density at radius 2 is 2.12 bits per heavy atom. The van der Waals surface area contributed by atoms with Gasteiger partial charge in [0.05, 0.1) is 10.7 Å². The van der Waals surface area contributed by atoms with E-state index in [9.17, 15) is 9.59 Å². The highest BCUT2D eigenvalue weighted by Crippen LogP contribution is 2.17. The zero-order valence-electron chi connectivity index (χ0n) is 13.4. The second-order valence-electron chi connectivity index (χ2n) is 5.07. The molecule has 0 radical (unpaired) electrons. The predicted molar refractivity (Wildman–Crippen MR) is 97.5 cm³/mol. The standard InChI is InChI=1S/C17H17BrN2O3S/c1-12-19-14(11-24-12)7-8-17(22)23-10-16(21)20(2)9-13-5-3-4-6-15(13)18/h3-8,11H,9-10H2,1-2H3/b8-7+. The minimum atomic E-state index is -0.566. The predicted octanol–water partition coefficient (Wildman–Crippen LogP) is 3.43. The Labute approximate surface area is 153 Å². The molecule has 1 aromatic carbocycles. The summed E-state index contributed by atoms with van der Waals surface area (Å²) in [5, 5.41) is 2.77. The highest BCUT2D eigenvalue weighted by molar-refractivity contribution is 9.10. The second-order valence-corrected chi connectivity index (χ2v) is 6.99. The van der Waals surface area contributed by atoms with Crippen molar-refractivity contribution < 1.29 is 14.3 Å². The van der Waals surface area contributed by atoms with Crippen LogP contribution in [0.25, 0.3) is 6.08 Å². The third-order valence-corrected chi connectivity index (χ3v) is 4.72. The first-order valence-electron chi connectivity index (χ1n) is 7.20. The number of hydrogen-bond acceptors (Lipinski definition) is 5. The number of carbonyl (C=O) groups excluding carboxylic acids is 2. The number of amides is 1. The lowest BCUT2D eigenvalue weighted by Crippen LogP contribution is -2.30. The van der Waals surface area contributed by atoms with Gasteiger partial charge in [-0.25, -0.2) is 9.78 Å². The number of halogens is 1. The van der Waals surface area contributed by atoms with Crippen molar-refractivity contribution >= 4 is 45.2 Å². The number of ether oxygens (including phenoxy) is 1. The molecule has 0 fully saturated rings. The number of nitrogens with zero attached hydrogens (tertiary/aromatic N) is 2. The molecule has 0 aliphatic rings. The quantitative estimate of drug-likeness (QED) is 0.542. The van der Waals surface area contributed by atoms with Gasteiger partial charge in [-0.1, -0.05) is 34.1 Å². The molecule has 24 heavy (non-hydrogen) atoms. The fraction of sp³-hybridized carbons (Fsp3) is 0.235. The number of rotatable bonds is 6. The van der Waals surface area contributed by atoms with E-state index in [1.165, 1.54) is 22.3 Å². The van der Waals surface area contributed by atoms with E-state index in [-0.39, 0.29) is 12.5 Å². The molecule has 5 nitrogen and oxygen atoms in total. The second kappa shape index (κ2) is 8.75. The van der Waals surface area contributed by atoms with Gasteiger partial charge in [0.15, 0.2) is 6.61 Å². The molecule has 0 N–H and O–H groups in total. The number of carbonyl (C=O) groups is 2. The molecule has 1 aromatic heterocycles. The van der Waals surface area contributed by atoms with Gasteiger partial charge in [0.2, 0.25) is 0 Å². The fourth-order valence-electron chi connectivity index (χ4n) is 1.87. The van der Waals surface area contributed by atoms with Gasteiger partial charge in [-0.3, -0.25) is 4.79 Å². The first kappa shape index (κ1) is 18.4. The molecule has 0 saturated carbocycles. The number of likely N-dealkylation sites (N-methyl/N-ethyl adjacent to an activating group) is 1. The van der Waals surface area contributed by atoms with E-state index in [0.717, 1.165) is 15.0 Å². The maximum atomic E-state index is 12.0. The Bertz CT molecular complexity index is 758. The molecule has 1 heterocycles. The van der Waals surface area contributed by atoms with Crippen molar-refractivity contribution in [2.75, 3.05) is 13.7 Å². The normalized spacial score (nSPS) is 10.8. The summed E-state index contributed by atoms with van der Waals surface area (Å²) in [6.07, 6.45) is 2.84.